The van der Waals surface area contributed by atoms with Crippen molar-refractivity contribution in [1.29, 1.82) is 0 Å². The number of ether oxygens (including phenoxy) is 1. The summed E-state index contributed by atoms with van der Waals surface area (Å²) < 4.78 is 48.5. The van der Waals surface area contributed by atoms with Crippen molar-refractivity contribution in [2.24, 2.45) is 0 Å². The molecule has 3 rings (SSSR count). The summed E-state index contributed by atoms with van der Waals surface area (Å²) in [5.41, 5.74) is 0.198. The molecule has 152 valence electrons. The average molecular weight is 423 g/mol. The van der Waals surface area contributed by atoms with E-state index in [0.717, 1.165) is 29.6 Å². The lowest BCUT2D eigenvalue weighted by atomic mass is 10.2. The van der Waals surface area contributed by atoms with E-state index in [4.69, 9.17) is 9.15 Å². The molecule has 0 fully saturated rings. The highest BCUT2D eigenvalue weighted by molar-refractivity contribution is 7.99. The number of carbonyl (C=O) groups excluding carboxylic acids is 1. The predicted molar refractivity (Wildman–Crippen MR) is 102 cm³/mol. The second-order valence-electron chi connectivity index (χ2n) is 5.74. The topological polar surface area (TPSA) is 77.2 Å². The third kappa shape index (κ3) is 5.74. The van der Waals surface area contributed by atoms with Gasteiger partial charge in [-0.3, -0.25) is 4.79 Å². The first-order valence-corrected chi connectivity index (χ1v) is 9.50. The Morgan fingerprint density at radius 2 is 1.79 bits per heavy atom. The second kappa shape index (κ2) is 8.99. The van der Waals surface area contributed by atoms with E-state index >= 15 is 0 Å². The summed E-state index contributed by atoms with van der Waals surface area (Å²) in [7, 11) is 0. The van der Waals surface area contributed by atoms with Crippen molar-refractivity contribution in [3.8, 4) is 17.2 Å². The third-order valence-electron chi connectivity index (χ3n) is 3.64. The van der Waals surface area contributed by atoms with Crippen molar-refractivity contribution in [3.63, 3.8) is 0 Å². The second-order valence-corrected chi connectivity index (χ2v) is 6.67. The molecule has 1 heterocycles. The van der Waals surface area contributed by atoms with Crippen LogP contribution in [-0.4, -0.2) is 28.5 Å². The molecular formula is C19H16F3N3O3S. The van der Waals surface area contributed by atoms with Crippen LogP contribution in [0.1, 0.15) is 12.5 Å². The Labute approximate surface area is 168 Å². The van der Waals surface area contributed by atoms with Crippen LogP contribution in [0.25, 0.3) is 11.5 Å². The number of rotatable bonds is 7. The lowest BCUT2D eigenvalue weighted by Gasteiger charge is -2.08. The highest BCUT2D eigenvalue weighted by Gasteiger charge is 2.30. The number of carbonyl (C=O) groups is 1. The van der Waals surface area contributed by atoms with Gasteiger partial charge in [-0.15, -0.1) is 10.2 Å². The maximum atomic E-state index is 12.5. The summed E-state index contributed by atoms with van der Waals surface area (Å²) in [6, 6.07) is 11.3. The SMILES string of the molecule is CCOc1ccc(-c2nnc(SCC(=O)Nc3ccc(C(F)(F)F)cc3)o2)cc1. The summed E-state index contributed by atoms with van der Waals surface area (Å²) in [5.74, 6) is 0.589. The molecule has 0 aliphatic heterocycles. The number of halogens is 3. The first-order valence-electron chi connectivity index (χ1n) is 8.52. The van der Waals surface area contributed by atoms with Gasteiger partial charge in [0.1, 0.15) is 5.75 Å². The van der Waals surface area contributed by atoms with E-state index < -0.39 is 17.6 Å². The Morgan fingerprint density at radius 1 is 1.10 bits per heavy atom. The number of alkyl halides is 3. The van der Waals surface area contributed by atoms with Gasteiger partial charge in [-0.2, -0.15) is 13.2 Å². The zero-order valence-corrected chi connectivity index (χ0v) is 16.0. The van der Waals surface area contributed by atoms with Crippen LogP contribution < -0.4 is 10.1 Å². The fourth-order valence-corrected chi connectivity index (χ4v) is 2.88. The van der Waals surface area contributed by atoms with Crippen molar-refractivity contribution in [3.05, 3.63) is 54.1 Å². The predicted octanol–water partition coefficient (Wildman–Crippen LogP) is 4.88. The van der Waals surface area contributed by atoms with Gasteiger partial charge in [0.25, 0.3) is 5.22 Å². The molecule has 1 amide bonds. The Bertz CT molecular complexity index is 957. The first kappa shape index (κ1) is 20.7. The molecule has 3 aromatic rings. The van der Waals surface area contributed by atoms with Gasteiger partial charge in [-0.05, 0) is 55.5 Å². The summed E-state index contributed by atoms with van der Waals surface area (Å²) in [4.78, 5) is 12.0. The number of aromatic nitrogens is 2. The van der Waals surface area contributed by atoms with Gasteiger partial charge >= 0.3 is 6.18 Å². The molecule has 0 bridgehead atoms. The smallest absolute Gasteiger partial charge is 0.416 e. The van der Waals surface area contributed by atoms with E-state index in [9.17, 15) is 18.0 Å². The van der Waals surface area contributed by atoms with Crippen LogP contribution >= 0.6 is 11.8 Å². The molecule has 0 unspecified atom stereocenters. The number of nitrogens with one attached hydrogen (secondary N) is 1. The van der Waals surface area contributed by atoms with Crippen LogP contribution in [0.3, 0.4) is 0 Å². The molecule has 0 saturated heterocycles. The molecule has 10 heteroatoms. The van der Waals surface area contributed by atoms with Crippen LogP contribution in [0.5, 0.6) is 5.75 Å². The van der Waals surface area contributed by atoms with E-state index in [0.29, 0.717) is 18.1 Å². The summed E-state index contributed by atoms with van der Waals surface area (Å²) in [5, 5.41) is 10.5. The van der Waals surface area contributed by atoms with E-state index in [2.05, 4.69) is 15.5 Å². The van der Waals surface area contributed by atoms with Gasteiger partial charge in [0.2, 0.25) is 11.8 Å². The molecule has 0 spiro atoms. The van der Waals surface area contributed by atoms with Gasteiger partial charge in [0.15, 0.2) is 0 Å². The van der Waals surface area contributed by atoms with Gasteiger partial charge < -0.3 is 14.5 Å². The van der Waals surface area contributed by atoms with Gasteiger partial charge in [-0.1, -0.05) is 11.8 Å². The van der Waals surface area contributed by atoms with E-state index in [-0.39, 0.29) is 16.7 Å². The molecule has 6 nitrogen and oxygen atoms in total. The van der Waals surface area contributed by atoms with Crippen LogP contribution in [-0.2, 0) is 11.0 Å². The lowest BCUT2D eigenvalue weighted by molar-refractivity contribution is -0.137. The first-order chi connectivity index (χ1) is 13.8. The fourth-order valence-electron chi connectivity index (χ4n) is 2.31. The molecule has 2 aromatic carbocycles. The van der Waals surface area contributed by atoms with Crippen molar-refractivity contribution < 1.29 is 27.1 Å². The van der Waals surface area contributed by atoms with Gasteiger partial charge in [0, 0.05) is 11.3 Å². The van der Waals surface area contributed by atoms with E-state index in [1.54, 1.807) is 24.3 Å². The lowest BCUT2D eigenvalue weighted by Crippen LogP contribution is -2.14. The van der Waals surface area contributed by atoms with Crippen LogP contribution in [0, 0.1) is 0 Å². The van der Waals surface area contributed by atoms with Crippen LogP contribution in [0.15, 0.2) is 58.2 Å². The minimum absolute atomic E-state index is 0.0358. The molecule has 0 saturated carbocycles. The van der Waals surface area contributed by atoms with E-state index in [1.807, 2.05) is 6.92 Å². The number of thioether (sulfide) groups is 1. The molecule has 0 atom stereocenters. The van der Waals surface area contributed by atoms with Crippen LogP contribution in [0.2, 0.25) is 0 Å². The third-order valence-corrected chi connectivity index (χ3v) is 4.46. The molecular weight excluding hydrogens is 407 g/mol. The van der Waals surface area contributed by atoms with Crippen molar-refractivity contribution in [1.82, 2.24) is 10.2 Å². The van der Waals surface area contributed by atoms with E-state index in [1.165, 1.54) is 12.1 Å². The van der Waals surface area contributed by atoms with Crippen molar-refractivity contribution in [2.75, 3.05) is 17.7 Å². The number of hydrogen-bond donors (Lipinski definition) is 1. The quantitative estimate of drug-likeness (QED) is 0.546. The largest absolute Gasteiger partial charge is 0.494 e. The molecule has 29 heavy (non-hydrogen) atoms. The standard InChI is InChI=1S/C19H16F3N3O3S/c1-2-27-15-9-3-12(4-10-15)17-24-25-18(28-17)29-11-16(26)23-14-7-5-13(6-8-14)19(20,21)22/h3-10H,2,11H2,1H3,(H,23,26). The Balaban J connectivity index is 1.53. The number of amides is 1. The number of benzene rings is 2. The van der Waals surface area contributed by atoms with Gasteiger partial charge in [0.05, 0.1) is 17.9 Å². The Kier molecular flexibility index (Phi) is 6.42. The maximum absolute atomic E-state index is 12.5. The highest BCUT2D eigenvalue weighted by Crippen LogP contribution is 2.30. The number of hydrogen-bond acceptors (Lipinski definition) is 6. The minimum atomic E-state index is -4.42. The molecule has 1 aromatic heterocycles. The van der Waals surface area contributed by atoms with Crippen molar-refractivity contribution >= 4 is 23.4 Å². The number of nitrogens with zero attached hydrogens (tertiary/aromatic N) is 2. The Morgan fingerprint density at radius 3 is 2.41 bits per heavy atom. The minimum Gasteiger partial charge on any atom is -0.494 e. The zero-order valence-electron chi connectivity index (χ0n) is 15.2. The number of anilines is 1. The monoisotopic (exact) mass is 423 g/mol. The van der Waals surface area contributed by atoms with Crippen molar-refractivity contribution in [2.45, 2.75) is 18.3 Å². The zero-order chi connectivity index (χ0) is 20.9. The summed E-state index contributed by atoms with van der Waals surface area (Å²) in [6.45, 7) is 2.46. The maximum Gasteiger partial charge on any atom is 0.416 e. The Hall–Kier alpha value is -3.01. The molecule has 1 N–H and O–H groups in total. The summed E-state index contributed by atoms with van der Waals surface area (Å²) >= 11 is 1.02. The van der Waals surface area contributed by atoms with Gasteiger partial charge in [-0.25, -0.2) is 0 Å². The average Bonchev–Trinajstić information content (AvgIpc) is 3.16. The summed E-state index contributed by atoms with van der Waals surface area (Å²) in [6.07, 6.45) is -4.42. The normalized spacial score (nSPS) is 11.3. The highest BCUT2D eigenvalue weighted by atomic mass is 32.2. The molecule has 0 aliphatic rings. The molecule has 0 radical (unpaired) electrons. The molecule has 0 aliphatic carbocycles. The van der Waals surface area contributed by atoms with Crippen LogP contribution in [0.4, 0.5) is 18.9 Å². The fraction of sp³-hybridized carbons (Fsp3) is 0.211.